The van der Waals surface area contributed by atoms with Gasteiger partial charge in [-0.25, -0.2) is 4.39 Å². The number of benzene rings is 2. The minimum Gasteiger partial charge on any atom is -0.369 e. The maximum Gasteiger partial charge on any atom is 0.222 e. The number of amides is 1. The van der Waals surface area contributed by atoms with E-state index in [4.69, 9.17) is 12.2 Å². The minimum absolute atomic E-state index is 0.139. The van der Waals surface area contributed by atoms with Gasteiger partial charge < -0.3 is 15.5 Å². The van der Waals surface area contributed by atoms with Gasteiger partial charge in [0.25, 0.3) is 0 Å². The molecule has 0 radical (unpaired) electrons. The van der Waals surface area contributed by atoms with Gasteiger partial charge in [0.1, 0.15) is 5.82 Å². The Balaban J connectivity index is 1.51. The summed E-state index contributed by atoms with van der Waals surface area (Å²) in [7, 11) is 0. The summed E-state index contributed by atoms with van der Waals surface area (Å²) >= 11 is 5.06. The van der Waals surface area contributed by atoms with Crippen molar-refractivity contribution in [3.05, 3.63) is 59.9 Å². The molecule has 1 aliphatic rings. The van der Waals surface area contributed by atoms with Crippen LogP contribution in [0.3, 0.4) is 0 Å². The van der Waals surface area contributed by atoms with Crippen molar-refractivity contribution >= 4 is 34.6 Å². The van der Waals surface area contributed by atoms with Gasteiger partial charge in [-0.3, -0.25) is 9.69 Å². The van der Waals surface area contributed by atoms with E-state index < -0.39 is 0 Å². The van der Waals surface area contributed by atoms with Crippen LogP contribution in [0.25, 0.3) is 0 Å². The number of hydrogen-bond acceptors (Lipinski definition) is 4. The molecule has 0 unspecified atom stereocenters. The van der Waals surface area contributed by atoms with Gasteiger partial charge in [0.15, 0.2) is 5.11 Å². The zero-order valence-corrected chi connectivity index (χ0v) is 16.1. The number of piperazine rings is 1. The number of nitrogens with zero attached hydrogens (tertiary/aromatic N) is 2. The number of nitrogens with one attached hydrogen (secondary N) is 2. The fourth-order valence-electron chi connectivity index (χ4n) is 3.11. The number of carbonyl (C=O) groups excluding carboxylic acids is 1. The van der Waals surface area contributed by atoms with Gasteiger partial charge in [0.2, 0.25) is 5.91 Å². The largest absolute Gasteiger partial charge is 0.369 e. The second-order valence-electron chi connectivity index (χ2n) is 6.54. The number of rotatable bonds is 4. The minimum atomic E-state index is -0.197. The monoisotopic (exact) mass is 386 g/mol. The van der Waals surface area contributed by atoms with Crippen LogP contribution in [0.4, 0.5) is 15.8 Å². The van der Waals surface area contributed by atoms with Crippen LogP contribution < -0.4 is 15.5 Å². The zero-order chi connectivity index (χ0) is 19.2. The van der Waals surface area contributed by atoms with E-state index in [0.29, 0.717) is 6.54 Å². The number of thiocarbonyl (C=S) groups is 1. The van der Waals surface area contributed by atoms with Gasteiger partial charge in [-0.15, -0.1) is 0 Å². The average Bonchev–Trinajstić information content (AvgIpc) is 2.64. The third-order valence-electron chi connectivity index (χ3n) is 4.50. The summed E-state index contributed by atoms with van der Waals surface area (Å²) in [5.74, 6) is -0.336. The Morgan fingerprint density at radius 3 is 2.37 bits per heavy atom. The standard InChI is InChI=1S/C20H23FN4OS/c1-15(26)22-20(27)23-17-6-8-18(9-7-17)25-12-10-24(11-13-25)14-16-4-2-3-5-19(16)21/h2-9H,10-14H2,1H3,(H2,22,23,26,27). The molecule has 27 heavy (non-hydrogen) atoms. The van der Waals surface area contributed by atoms with Crippen molar-refractivity contribution in [2.24, 2.45) is 0 Å². The Kier molecular flexibility index (Phi) is 6.36. The van der Waals surface area contributed by atoms with Gasteiger partial charge in [0.05, 0.1) is 0 Å². The molecular weight excluding hydrogens is 363 g/mol. The third-order valence-corrected chi connectivity index (χ3v) is 4.71. The molecule has 142 valence electrons. The van der Waals surface area contributed by atoms with Crippen LogP contribution >= 0.6 is 12.2 Å². The molecule has 0 aromatic heterocycles. The number of halogens is 1. The normalized spacial score (nSPS) is 14.7. The van der Waals surface area contributed by atoms with Crippen molar-refractivity contribution in [3.63, 3.8) is 0 Å². The predicted molar refractivity (Wildman–Crippen MR) is 110 cm³/mol. The summed E-state index contributed by atoms with van der Waals surface area (Å²) < 4.78 is 13.8. The second kappa shape index (κ2) is 8.92. The summed E-state index contributed by atoms with van der Waals surface area (Å²) in [5.41, 5.74) is 2.71. The lowest BCUT2D eigenvalue weighted by atomic mass is 10.1. The molecule has 1 amide bonds. The molecule has 5 nitrogen and oxygen atoms in total. The number of carbonyl (C=O) groups is 1. The molecule has 2 aromatic carbocycles. The highest BCUT2D eigenvalue weighted by atomic mass is 32.1. The highest BCUT2D eigenvalue weighted by molar-refractivity contribution is 7.80. The first kappa shape index (κ1) is 19.3. The van der Waals surface area contributed by atoms with Gasteiger partial charge in [-0.05, 0) is 42.5 Å². The topological polar surface area (TPSA) is 47.6 Å². The van der Waals surface area contributed by atoms with Gasteiger partial charge >= 0.3 is 0 Å². The Morgan fingerprint density at radius 2 is 1.74 bits per heavy atom. The second-order valence-corrected chi connectivity index (χ2v) is 6.95. The van der Waals surface area contributed by atoms with E-state index in [1.165, 1.54) is 13.0 Å². The first-order valence-corrected chi connectivity index (χ1v) is 9.31. The quantitative estimate of drug-likeness (QED) is 0.791. The van der Waals surface area contributed by atoms with E-state index in [0.717, 1.165) is 43.1 Å². The van der Waals surface area contributed by atoms with Gasteiger partial charge in [0, 0.05) is 56.6 Å². The predicted octanol–water partition coefficient (Wildman–Crippen LogP) is 2.98. The van der Waals surface area contributed by atoms with Crippen molar-refractivity contribution in [2.45, 2.75) is 13.5 Å². The van der Waals surface area contributed by atoms with E-state index in [2.05, 4.69) is 20.4 Å². The van der Waals surface area contributed by atoms with E-state index in [1.54, 1.807) is 6.07 Å². The van der Waals surface area contributed by atoms with Crippen LogP contribution in [0.2, 0.25) is 0 Å². The molecule has 2 aromatic rings. The molecule has 0 saturated carbocycles. The summed E-state index contributed by atoms with van der Waals surface area (Å²) in [6.45, 7) is 5.63. The molecule has 0 bridgehead atoms. The molecule has 3 rings (SSSR count). The smallest absolute Gasteiger partial charge is 0.222 e. The average molecular weight is 386 g/mol. The van der Waals surface area contributed by atoms with Crippen LogP contribution in [0.5, 0.6) is 0 Å². The molecule has 7 heteroatoms. The SMILES string of the molecule is CC(=O)NC(=S)Nc1ccc(N2CCN(Cc3ccccc3F)CC2)cc1. The highest BCUT2D eigenvalue weighted by Crippen LogP contribution is 2.20. The molecule has 1 heterocycles. The molecule has 0 atom stereocenters. The van der Waals surface area contributed by atoms with E-state index in [1.807, 2.05) is 36.4 Å². The van der Waals surface area contributed by atoms with Crippen LogP contribution in [-0.2, 0) is 11.3 Å². The van der Waals surface area contributed by atoms with Crippen molar-refractivity contribution in [1.29, 1.82) is 0 Å². The molecule has 1 saturated heterocycles. The molecule has 1 aliphatic heterocycles. The van der Waals surface area contributed by atoms with Gasteiger partial charge in [-0.2, -0.15) is 0 Å². The number of anilines is 2. The molecular formula is C20H23FN4OS. The first-order valence-electron chi connectivity index (χ1n) is 8.90. The van der Waals surface area contributed by atoms with Crippen molar-refractivity contribution in [2.75, 3.05) is 36.4 Å². The zero-order valence-electron chi connectivity index (χ0n) is 15.2. The van der Waals surface area contributed by atoms with Crippen LogP contribution in [0.1, 0.15) is 12.5 Å². The van der Waals surface area contributed by atoms with Crippen LogP contribution in [0, 0.1) is 5.82 Å². The fourth-order valence-corrected chi connectivity index (χ4v) is 3.37. The molecule has 0 aliphatic carbocycles. The van der Waals surface area contributed by atoms with Gasteiger partial charge in [-0.1, -0.05) is 18.2 Å². The molecule has 1 fully saturated rings. The van der Waals surface area contributed by atoms with Crippen molar-refractivity contribution in [1.82, 2.24) is 10.2 Å². The van der Waals surface area contributed by atoms with Crippen LogP contribution in [-0.4, -0.2) is 42.1 Å². The lowest BCUT2D eigenvalue weighted by molar-refractivity contribution is -0.117. The fraction of sp³-hybridized carbons (Fsp3) is 0.300. The van der Waals surface area contributed by atoms with E-state index in [9.17, 15) is 9.18 Å². The molecule has 2 N–H and O–H groups in total. The van der Waals surface area contributed by atoms with E-state index in [-0.39, 0.29) is 16.8 Å². The number of hydrogen-bond donors (Lipinski definition) is 2. The Bertz CT molecular complexity index is 804. The maximum absolute atomic E-state index is 13.8. The Labute approximate surface area is 164 Å². The van der Waals surface area contributed by atoms with E-state index >= 15 is 0 Å². The summed E-state index contributed by atoms with van der Waals surface area (Å²) in [6, 6.07) is 14.9. The lowest BCUT2D eigenvalue weighted by Gasteiger charge is -2.36. The van der Waals surface area contributed by atoms with Crippen molar-refractivity contribution in [3.8, 4) is 0 Å². The molecule has 0 spiro atoms. The first-order chi connectivity index (χ1) is 13.0. The highest BCUT2D eigenvalue weighted by Gasteiger charge is 2.18. The summed E-state index contributed by atoms with van der Waals surface area (Å²) in [6.07, 6.45) is 0. The Hall–Kier alpha value is -2.51. The van der Waals surface area contributed by atoms with Crippen molar-refractivity contribution < 1.29 is 9.18 Å². The maximum atomic E-state index is 13.8. The lowest BCUT2D eigenvalue weighted by Crippen LogP contribution is -2.46. The summed E-state index contributed by atoms with van der Waals surface area (Å²) in [5, 5.41) is 5.81. The summed E-state index contributed by atoms with van der Waals surface area (Å²) in [4.78, 5) is 15.6. The van der Waals surface area contributed by atoms with Crippen LogP contribution in [0.15, 0.2) is 48.5 Å². The third kappa shape index (κ3) is 5.48. The Morgan fingerprint density at radius 1 is 1.07 bits per heavy atom.